The minimum atomic E-state index is -3.71. The Balaban J connectivity index is 2.57. The van der Waals surface area contributed by atoms with Gasteiger partial charge in [-0.1, -0.05) is 18.2 Å². The van der Waals surface area contributed by atoms with Crippen molar-refractivity contribution in [2.75, 3.05) is 0 Å². The van der Waals surface area contributed by atoms with Crippen LogP contribution in [-0.2, 0) is 9.84 Å². The lowest BCUT2D eigenvalue weighted by Gasteiger charge is -2.04. The third kappa shape index (κ3) is 2.07. The molecule has 1 heterocycles. The normalized spacial score (nSPS) is 11.3. The summed E-state index contributed by atoms with van der Waals surface area (Å²) in [6.45, 7) is 0. The maximum atomic E-state index is 12.1. The summed E-state index contributed by atoms with van der Waals surface area (Å²) in [4.78, 5) is 3.33. The van der Waals surface area contributed by atoms with E-state index in [2.05, 4.69) is 4.98 Å². The number of pyridine rings is 1. The average Bonchev–Trinajstić information content (AvgIpc) is 2.33. The topological polar surface area (TPSA) is 87.5 Å². The minimum absolute atomic E-state index is 0.104. The molecule has 0 atom stereocenters. The monoisotopic (exact) mass is 251 g/mol. The van der Waals surface area contributed by atoms with Crippen LogP contribution < -0.4 is 0 Å². The number of sulfone groups is 1. The Morgan fingerprint density at radius 2 is 1.65 bits per heavy atom. The molecule has 0 radical (unpaired) electrons. The van der Waals surface area contributed by atoms with Crippen LogP contribution in [0.3, 0.4) is 0 Å². The predicted molar refractivity (Wildman–Crippen MR) is 59.5 cm³/mol. The van der Waals surface area contributed by atoms with Gasteiger partial charge in [-0.05, 0) is 12.1 Å². The molecule has 5 nitrogen and oxygen atoms in total. The van der Waals surface area contributed by atoms with Crippen molar-refractivity contribution in [3.05, 3.63) is 42.6 Å². The number of nitrogens with zero attached hydrogens (tertiary/aromatic N) is 1. The summed E-state index contributed by atoms with van der Waals surface area (Å²) in [5.74, 6) is -1.17. The smallest absolute Gasteiger partial charge is 0.254 e. The van der Waals surface area contributed by atoms with Crippen molar-refractivity contribution in [2.45, 2.75) is 9.79 Å². The molecule has 2 aromatic rings. The number of rotatable bonds is 2. The van der Waals surface area contributed by atoms with Crippen molar-refractivity contribution in [3.8, 4) is 11.6 Å². The maximum absolute atomic E-state index is 12.1. The first-order chi connectivity index (χ1) is 8.01. The first-order valence-corrected chi connectivity index (χ1v) is 6.18. The van der Waals surface area contributed by atoms with Crippen LogP contribution >= 0.6 is 0 Å². The predicted octanol–water partition coefficient (Wildman–Crippen LogP) is 1.33. The average molecular weight is 251 g/mol. The summed E-state index contributed by atoms with van der Waals surface area (Å²) >= 11 is 0. The molecule has 0 spiro atoms. The Labute approximate surface area is 97.9 Å². The second-order valence-electron chi connectivity index (χ2n) is 3.33. The van der Waals surface area contributed by atoms with Gasteiger partial charge in [0.25, 0.3) is 5.88 Å². The molecule has 2 N–H and O–H groups in total. The third-order valence-corrected chi connectivity index (χ3v) is 3.92. The molecule has 88 valence electrons. The zero-order valence-corrected chi connectivity index (χ0v) is 9.42. The fourth-order valence-corrected chi connectivity index (χ4v) is 2.56. The van der Waals surface area contributed by atoms with E-state index in [4.69, 9.17) is 5.11 Å². The van der Waals surface area contributed by atoms with Crippen molar-refractivity contribution in [1.29, 1.82) is 0 Å². The molecular weight excluding hydrogens is 242 g/mol. The fraction of sp³-hybridized carbons (Fsp3) is 0. The lowest BCUT2D eigenvalue weighted by molar-refractivity contribution is 0.386. The number of aromatic nitrogens is 1. The second kappa shape index (κ2) is 4.06. The summed E-state index contributed by atoms with van der Waals surface area (Å²) < 4.78 is 24.1. The lowest BCUT2D eigenvalue weighted by Crippen LogP contribution is -2.02. The van der Waals surface area contributed by atoms with E-state index in [1.165, 1.54) is 12.1 Å². The lowest BCUT2D eigenvalue weighted by atomic mass is 10.4. The first-order valence-electron chi connectivity index (χ1n) is 4.70. The van der Waals surface area contributed by atoms with Crippen LogP contribution in [0.2, 0.25) is 0 Å². The Kier molecular flexibility index (Phi) is 2.72. The molecule has 0 unspecified atom stereocenters. The second-order valence-corrected chi connectivity index (χ2v) is 5.28. The standard InChI is InChI=1S/C11H9NO4S/c13-10-6-9(7-12-11(10)14)17(15,16)8-4-2-1-3-5-8/h1-7,13H,(H,12,14). The van der Waals surface area contributed by atoms with Gasteiger partial charge < -0.3 is 10.2 Å². The van der Waals surface area contributed by atoms with E-state index in [1.807, 2.05) is 0 Å². The highest BCUT2D eigenvalue weighted by molar-refractivity contribution is 7.91. The Morgan fingerprint density at radius 3 is 2.24 bits per heavy atom. The summed E-state index contributed by atoms with van der Waals surface area (Å²) in [5, 5.41) is 18.3. The van der Waals surface area contributed by atoms with Crippen LogP contribution in [0.4, 0.5) is 0 Å². The zero-order valence-electron chi connectivity index (χ0n) is 8.61. The van der Waals surface area contributed by atoms with E-state index in [0.717, 1.165) is 12.3 Å². The SMILES string of the molecule is O=S(=O)(c1ccccc1)c1cnc(O)c(O)c1. The molecule has 0 aliphatic heterocycles. The van der Waals surface area contributed by atoms with Crippen molar-refractivity contribution in [2.24, 2.45) is 0 Å². The molecule has 0 bridgehead atoms. The van der Waals surface area contributed by atoms with E-state index in [1.54, 1.807) is 18.2 Å². The molecule has 0 aliphatic rings. The molecule has 2 rings (SSSR count). The number of hydrogen-bond acceptors (Lipinski definition) is 5. The summed E-state index contributed by atoms with van der Waals surface area (Å²) in [7, 11) is -3.71. The summed E-state index contributed by atoms with van der Waals surface area (Å²) in [6, 6.07) is 8.75. The van der Waals surface area contributed by atoms with Gasteiger partial charge in [0.05, 0.1) is 16.0 Å². The highest BCUT2D eigenvalue weighted by Crippen LogP contribution is 2.27. The molecule has 0 saturated heterocycles. The van der Waals surface area contributed by atoms with E-state index in [9.17, 15) is 13.5 Å². The first kappa shape index (κ1) is 11.4. The molecule has 0 aliphatic carbocycles. The van der Waals surface area contributed by atoms with Crippen molar-refractivity contribution >= 4 is 9.84 Å². The van der Waals surface area contributed by atoms with Gasteiger partial charge in [-0.25, -0.2) is 13.4 Å². The third-order valence-electron chi connectivity index (χ3n) is 2.19. The molecule has 1 aromatic carbocycles. The van der Waals surface area contributed by atoms with E-state index < -0.39 is 21.5 Å². The number of hydrogen-bond donors (Lipinski definition) is 2. The van der Waals surface area contributed by atoms with E-state index in [-0.39, 0.29) is 9.79 Å². The van der Waals surface area contributed by atoms with Crippen molar-refractivity contribution in [1.82, 2.24) is 4.98 Å². The van der Waals surface area contributed by atoms with Gasteiger partial charge in [0.2, 0.25) is 9.84 Å². The van der Waals surface area contributed by atoms with Crippen molar-refractivity contribution in [3.63, 3.8) is 0 Å². The Bertz CT molecular complexity index is 638. The number of benzene rings is 1. The minimum Gasteiger partial charge on any atom is -0.503 e. The van der Waals surface area contributed by atoms with Gasteiger partial charge in [-0.2, -0.15) is 0 Å². The van der Waals surface area contributed by atoms with Crippen LogP contribution in [-0.4, -0.2) is 23.6 Å². The van der Waals surface area contributed by atoms with Gasteiger partial charge in [0.1, 0.15) is 0 Å². The van der Waals surface area contributed by atoms with Crippen LogP contribution in [0.5, 0.6) is 11.6 Å². The largest absolute Gasteiger partial charge is 0.503 e. The Hall–Kier alpha value is -2.08. The van der Waals surface area contributed by atoms with Crippen LogP contribution in [0.25, 0.3) is 0 Å². The summed E-state index contributed by atoms with van der Waals surface area (Å²) in [6.07, 6.45) is 0.997. The highest BCUT2D eigenvalue weighted by atomic mass is 32.2. The van der Waals surface area contributed by atoms with Crippen LogP contribution in [0, 0.1) is 0 Å². The summed E-state index contributed by atoms with van der Waals surface area (Å²) in [5.41, 5.74) is 0. The molecule has 0 saturated carbocycles. The van der Waals surface area contributed by atoms with Gasteiger partial charge >= 0.3 is 0 Å². The van der Waals surface area contributed by atoms with E-state index in [0.29, 0.717) is 0 Å². The fourth-order valence-electron chi connectivity index (χ4n) is 1.31. The zero-order chi connectivity index (χ0) is 12.5. The molecule has 1 aromatic heterocycles. The van der Waals surface area contributed by atoms with E-state index >= 15 is 0 Å². The molecule has 0 fully saturated rings. The van der Waals surface area contributed by atoms with Crippen LogP contribution in [0.15, 0.2) is 52.4 Å². The Morgan fingerprint density at radius 1 is 1.00 bits per heavy atom. The molecule has 17 heavy (non-hydrogen) atoms. The molecule has 0 amide bonds. The quantitative estimate of drug-likeness (QED) is 0.840. The maximum Gasteiger partial charge on any atom is 0.254 e. The van der Waals surface area contributed by atoms with Gasteiger partial charge in [0, 0.05) is 6.07 Å². The van der Waals surface area contributed by atoms with Gasteiger partial charge in [0.15, 0.2) is 5.75 Å². The molecule has 6 heteroatoms. The highest BCUT2D eigenvalue weighted by Gasteiger charge is 2.19. The van der Waals surface area contributed by atoms with Gasteiger partial charge in [-0.3, -0.25) is 0 Å². The van der Waals surface area contributed by atoms with Gasteiger partial charge in [-0.15, -0.1) is 0 Å². The van der Waals surface area contributed by atoms with Crippen LogP contribution in [0.1, 0.15) is 0 Å². The molecular formula is C11H9NO4S. The number of aromatic hydroxyl groups is 2. The van der Waals surface area contributed by atoms with Crippen molar-refractivity contribution < 1.29 is 18.6 Å².